The lowest BCUT2D eigenvalue weighted by Gasteiger charge is -2.33. The number of hydrogen-bond acceptors (Lipinski definition) is 7. The highest BCUT2D eigenvalue weighted by Crippen LogP contribution is 2.27. The lowest BCUT2D eigenvalue weighted by Crippen LogP contribution is -2.48. The quantitative estimate of drug-likeness (QED) is 0.455. The SMILES string of the molecule is COc1ccc(CCNC(=O)Cn2c(=O)c3sccc3n(CC(=O)N3CCCC[C@@H]3C)c2=O)cc1OC. The van der Waals surface area contributed by atoms with Crippen LogP contribution in [0, 0.1) is 0 Å². The van der Waals surface area contributed by atoms with Gasteiger partial charge in [0.1, 0.15) is 17.8 Å². The molecule has 0 saturated carbocycles. The summed E-state index contributed by atoms with van der Waals surface area (Å²) in [4.78, 5) is 53.9. The second-order valence-electron chi connectivity index (χ2n) is 9.12. The number of nitrogens with zero attached hydrogens (tertiary/aromatic N) is 3. The number of carbonyl (C=O) groups is 2. The maximum absolute atomic E-state index is 13.3. The van der Waals surface area contributed by atoms with Gasteiger partial charge in [0.05, 0.1) is 19.7 Å². The molecule has 3 aromatic rings. The van der Waals surface area contributed by atoms with E-state index in [2.05, 4.69) is 5.32 Å². The number of thiophene rings is 1. The van der Waals surface area contributed by atoms with E-state index in [0.717, 1.165) is 29.4 Å². The fourth-order valence-electron chi connectivity index (χ4n) is 4.70. The van der Waals surface area contributed by atoms with Crippen molar-refractivity contribution >= 4 is 33.4 Å². The van der Waals surface area contributed by atoms with Crippen LogP contribution < -0.4 is 26.0 Å². The van der Waals surface area contributed by atoms with Crippen LogP contribution in [-0.2, 0) is 29.1 Å². The van der Waals surface area contributed by atoms with Gasteiger partial charge in [-0.15, -0.1) is 11.3 Å². The zero-order valence-corrected chi connectivity index (χ0v) is 22.1. The molecule has 11 heteroatoms. The Morgan fingerprint density at radius 2 is 1.84 bits per heavy atom. The Labute approximate surface area is 218 Å². The molecule has 2 aromatic heterocycles. The third-order valence-electron chi connectivity index (χ3n) is 6.74. The first-order valence-electron chi connectivity index (χ1n) is 12.3. The Hall–Kier alpha value is -3.60. The minimum atomic E-state index is -0.663. The van der Waals surface area contributed by atoms with Gasteiger partial charge in [-0.1, -0.05) is 6.07 Å². The Morgan fingerprint density at radius 3 is 2.57 bits per heavy atom. The molecule has 0 spiro atoms. The minimum Gasteiger partial charge on any atom is -0.493 e. The van der Waals surface area contributed by atoms with Crippen LogP contribution in [0.15, 0.2) is 39.2 Å². The summed E-state index contributed by atoms with van der Waals surface area (Å²) in [6.07, 6.45) is 3.46. The van der Waals surface area contributed by atoms with E-state index in [1.807, 2.05) is 19.1 Å². The molecular formula is C26H32N4O6S. The van der Waals surface area contributed by atoms with Gasteiger partial charge < -0.3 is 19.7 Å². The lowest BCUT2D eigenvalue weighted by atomic mass is 10.0. The molecule has 0 radical (unpaired) electrons. The molecule has 0 unspecified atom stereocenters. The van der Waals surface area contributed by atoms with Crippen molar-refractivity contribution in [1.29, 1.82) is 0 Å². The molecular weight excluding hydrogens is 496 g/mol. The Morgan fingerprint density at radius 1 is 1.05 bits per heavy atom. The summed E-state index contributed by atoms with van der Waals surface area (Å²) in [5.41, 5.74) is 0.162. The maximum Gasteiger partial charge on any atom is 0.332 e. The average molecular weight is 529 g/mol. The highest BCUT2D eigenvalue weighted by molar-refractivity contribution is 7.17. The Balaban J connectivity index is 1.48. The maximum atomic E-state index is 13.3. The Bertz CT molecular complexity index is 1410. The van der Waals surface area contributed by atoms with Crippen molar-refractivity contribution in [1.82, 2.24) is 19.4 Å². The molecule has 1 saturated heterocycles. The van der Waals surface area contributed by atoms with E-state index in [1.165, 1.54) is 15.9 Å². The number of aromatic nitrogens is 2. The molecule has 3 heterocycles. The summed E-state index contributed by atoms with van der Waals surface area (Å²) >= 11 is 1.19. The first-order chi connectivity index (χ1) is 17.8. The predicted molar refractivity (Wildman–Crippen MR) is 142 cm³/mol. The largest absolute Gasteiger partial charge is 0.493 e. The van der Waals surface area contributed by atoms with Crippen molar-refractivity contribution in [2.24, 2.45) is 0 Å². The summed E-state index contributed by atoms with van der Waals surface area (Å²) in [7, 11) is 3.12. The lowest BCUT2D eigenvalue weighted by molar-refractivity contribution is -0.135. The monoisotopic (exact) mass is 528 g/mol. The zero-order valence-electron chi connectivity index (χ0n) is 21.3. The van der Waals surface area contributed by atoms with E-state index in [1.54, 1.807) is 36.6 Å². The number of methoxy groups -OCH3 is 2. The van der Waals surface area contributed by atoms with E-state index < -0.39 is 23.7 Å². The van der Waals surface area contributed by atoms with Crippen molar-refractivity contribution in [3.8, 4) is 11.5 Å². The minimum absolute atomic E-state index is 0.109. The second kappa shape index (κ2) is 11.6. The first kappa shape index (κ1) is 26.5. The molecule has 1 aromatic carbocycles. The first-order valence-corrected chi connectivity index (χ1v) is 13.2. The molecule has 1 aliphatic heterocycles. The summed E-state index contributed by atoms with van der Waals surface area (Å²) in [5.74, 6) is 0.587. The molecule has 198 valence electrons. The number of carbonyl (C=O) groups excluding carboxylic acids is 2. The van der Waals surface area contributed by atoms with E-state index >= 15 is 0 Å². The van der Waals surface area contributed by atoms with Gasteiger partial charge in [0.15, 0.2) is 11.5 Å². The van der Waals surface area contributed by atoms with Gasteiger partial charge in [-0.05, 0) is 61.7 Å². The third-order valence-corrected chi connectivity index (χ3v) is 7.63. The summed E-state index contributed by atoms with van der Waals surface area (Å²) in [5, 5.41) is 4.48. The molecule has 37 heavy (non-hydrogen) atoms. The molecule has 1 N–H and O–H groups in total. The number of rotatable bonds is 9. The van der Waals surface area contributed by atoms with Crippen LogP contribution in [-0.4, -0.2) is 59.2 Å². The number of benzene rings is 1. The number of nitrogens with one attached hydrogen (secondary N) is 1. The number of amides is 2. The van der Waals surface area contributed by atoms with Crippen LogP contribution >= 0.6 is 11.3 Å². The smallest absolute Gasteiger partial charge is 0.332 e. The van der Waals surface area contributed by atoms with Gasteiger partial charge in [-0.25, -0.2) is 9.36 Å². The number of hydrogen-bond donors (Lipinski definition) is 1. The number of fused-ring (bicyclic) bond motifs is 1. The third kappa shape index (κ3) is 5.71. The number of likely N-dealkylation sites (tertiary alicyclic amines) is 1. The van der Waals surface area contributed by atoms with E-state index in [-0.39, 0.29) is 18.5 Å². The van der Waals surface area contributed by atoms with Gasteiger partial charge in [-0.2, -0.15) is 0 Å². The molecule has 1 aliphatic rings. The molecule has 0 aliphatic carbocycles. The predicted octanol–water partition coefficient (Wildman–Crippen LogP) is 2.00. The van der Waals surface area contributed by atoms with Crippen LogP contribution in [0.25, 0.3) is 10.2 Å². The van der Waals surface area contributed by atoms with Gasteiger partial charge in [0.2, 0.25) is 11.8 Å². The van der Waals surface area contributed by atoms with Crippen molar-refractivity contribution in [2.75, 3.05) is 27.3 Å². The standard InChI is InChI=1S/C26H32N4O6S/c1-17-6-4-5-12-28(17)23(32)16-29-19-10-13-37-24(19)25(33)30(26(29)34)15-22(31)27-11-9-18-7-8-20(35-2)21(14-18)36-3/h7-8,10,13-14,17H,4-6,9,11-12,15-16H2,1-3H3,(H,27,31)/t17-/m0/s1. The highest BCUT2D eigenvalue weighted by atomic mass is 32.1. The van der Waals surface area contributed by atoms with Gasteiger partial charge >= 0.3 is 5.69 Å². The topological polar surface area (TPSA) is 112 Å². The molecule has 4 rings (SSSR count). The van der Waals surface area contributed by atoms with Crippen molar-refractivity contribution in [2.45, 2.75) is 51.7 Å². The second-order valence-corrected chi connectivity index (χ2v) is 10.0. The zero-order chi connectivity index (χ0) is 26.5. The van der Waals surface area contributed by atoms with Gasteiger partial charge in [0.25, 0.3) is 5.56 Å². The highest BCUT2D eigenvalue weighted by Gasteiger charge is 2.25. The van der Waals surface area contributed by atoms with E-state index in [0.29, 0.717) is 41.2 Å². The van der Waals surface area contributed by atoms with Crippen LogP contribution in [0.5, 0.6) is 11.5 Å². The van der Waals surface area contributed by atoms with Gasteiger partial charge in [0, 0.05) is 19.1 Å². The Kier molecular flexibility index (Phi) is 8.32. The number of piperidine rings is 1. The number of ether oxygens (including phenoxy) is 2. The van der Waals surface area contributed by atoms with Gasteiger partial charge in [-0.3, -0.25) is 19.0 Å². The molecule has 1 fully saturated rings. The summed E-state index contributed by atoms with van der Waals surface area (Å²) in [6, 6.07) is 7.28. The molecule has 1 atom stereocenters. The fourth-order valence-corrected chi connectivity index (χ4v) is 5.55. The molecule has 0 bridgehead atoms. The summed E-state index contributed by atoms with van der Waals surface area (Å²) < 4.78 is 13.1. The normalized spacial score (nSPS) is 15.5. The van der Waals surface area contributed by atoms with Crippen molar-refractivity contribution < 1.29 is 19.1 Å². The van der Waals surface area contributed by atoms with Crippen LogP contribution in [0.1, 0.15) is 31.7 Å². The van der Waals surface area contributed by atoms with E-state index in [9.17, 15) is 19.2 Å². The average Bonchev–Trinajstić information content (AvgIpc) is 3.39. The van der Waals surface area contributed by atoms with Crippen LogP contribution in [0.3, 0.4) is 0 Å². The van der Waals surface area contributed by atoms with E-state index in [4.69, 9.17) is 9.47 Å². The van der Waals surface area contributed by atoms with Crippen LogP contribution in [0.2, 0.25) is 0 Å². The molecule has 10 nitrogen and oxygen atoms in total. The molecule has 2 amide bonds. The summed E-state index contributed by atoms with van der Waals surface area (Å²) in [6.45, 7) is 2.38. The fraction of sp³-hybridized carbons (Fsp3) is 0.462. The van der Waals surface area contributed by atoms with Crippen molar-refractivity contribution in [3.63, 3.8) is 0 Å². The van der Waals surface area contributed by atoms with Crippen LogP contribution in [0.4, 0.5) is 0 Å². The van der Waals surface area contributed by atoms with Crippen molar-refractivity contribution in [3.05, 3.63) is 56.0 Å².